The average Bonchev–Trinajstić information content (AvgIpc) is 2.80. The van der Waals surface area contributed by atoms with Gasteiger partial charge in [-0.15, -0.1) is 0 Å². The summed E-state index contributed by atoms with van der Waals surface area (Å²) in [5.41, 5.74) is 0.345. The van der Waals surface area contributed by atoms with E-state index in [4.69, 9.17) is 0 Å². The Morgan fingerprint density at radius 1 is 1.08 bits per heavy atom. The summed E-state index contributed by atoms with van der Waals surface area (Å²) in [6.45, 7) is 5.62. The fourth-order valence-electron chi connectivity index (χ4n) is 2.95. The Labute approximate surface area is 78.8 Å². The predicted octanol–water partition coefficient (Wildman–Crippen LogP) is -1.75. The highest BCUT2D eigenvalue weighted by atomic mass is 15.2. The van der Waals surface area contributed by atoms with Crippen LogP contribution in [0.2, 0.25) is 0 Å². The van der Waals surface area contributed by atoms with Crippen molar-refractivity contribution in [2.45, 2.75) is 24.0 Å². The SMILES string of the molecule is C1CNC(C23CNC(CN2)C3)CN1. The molecule has 2 bridgehead atoms. The molecule has 3 fully saturated rings. The van der Waals surface area contributed by atoms with Crippen LogP contribution in [0.25, 0.3) is 0 Å². The summed E-state index contributed by atoms with van der Waals surface area (Å²) in [6, 6.07) is 1.34. The van der Waals surface area contributed by atoms with E-state index in [1.54, 1.807) is 0 Å². The van der Waals surface area contributed by atoms with Crippen molar-refractivity contribution in [1.82, 2.24) is 21.3 Å². The van der Waals surface area contributed by atoms with Crippen molar-refractivity contribution in [3.8, 4) is 0 Å². The second-order valence-corrected chi connectivity index (χ2v) is 4.53. The van der Waals surface area contributed by atoms with Crippen LogP contribution in [-0.2, 0) is 0 Å². The van der Waals surface area contributed by atoms with E-state index < -0.39 is 0 Å². The fourth-order valence-corrected chi connectivity index (χ4v) is 2.95. The summed E-state index contributed by atoms with van der Waals surface area (Å²) in [6.07, 6.45) is 1.30. The van der Waals surface area contributed by atoms with Crippen LogP contribution in [0.4, 0.5) is 0 Å². The second-order valence-electron chi connectivity index (χ2n) is 4.53. The molecule has 74 valence electrons. The number of hydrogen-bond donors (Lipinski definition) is 4. The quantitative estimate of drug-likeness (QED) is 0.388. The molecule has 3 rings (SSSR count). The van der Waals surface area contributed by atoms with Crippen molar-refractivity contribution in [1.29, 1.82) is 0 Å². The van der Waals surface area contributed by atoms with Gasteiger partial charge >= 0.3 is 0 Å². The number of piperazine rings is 2. The largest absolute Gasteiger partial charge is 0.314 e. The minimum absolute atomic E-state index is 0.345. The highest BCUT2D eigenvalue weighted by Crippen LogP contribution is 2.28. The topological polar surface area (TPSA) is 48.1 Å². The summed E-state index contributed by atoms with van der Waals surface area (Å²) < 4.78 is 0. The van der Waals surface area contributed by atoms with Crippen molar-refractivity contribution < 1.29 is 0 Å². The van der Waals surface area contributed by atoms with Gasteiger partial charge < -0.3 is 21.3 Å². The minimum atomic E-state index is 0.345. The molecule has 13 heavy (non-hydrogen) atoms. The number of fused-ring (bicyclic) bond motifs is 2. The Hall–Kier alpha value is -0.160. The summed E-state index contributed by atoms with van der Waals surface area (Å²) in [5.74, 6) is 0. The lowest BCUT2D eigenvalue weighted by molar-refractivity contribution is 0.245. The zero-order chi connectivity index (χ0) is 8.73. The third-order valence-electron chi connectivity index (χ3n) is 3.73. The van der Waals surface area contributed by atoms with Gasteiger partial charge in [0.2, 0.25) is 0 Å². The smallest absolute Gasteiger partial charge is 0.0489 e. The van der Waals surface area contributed by atoms with Crippen LogP contribution in [0.15, 0.2) is 0 Å². The van der Waals surface area contributed by atoms with E-state index in [0.29, 0.717) is 11.6 Å². The fraction of sp³-hybridized carbons (Fsp3) is 1.00. The van der Waals surface area contributed by atoms with Gasteiger partial charge in [-0.3, -0.25) is 0 Å². The highest BCUT2D eigenvalue weighted by Gasteiger charge is 2.49. The lowest BCUT2D eigenvalue weighted by atomic mass is 9.89. The molecule has 3 heterocycles. The molecule has 4 heteroatoms. The first-order chi connectivity index (χ1) is 6.39. The summed E-state index contributed by atoms with van der Waals surface area (Å²) >= 11 is 0. The molecule has 0 aromatic heterocycles. The molecule has 0 radical (unpaired) electrons. The molecule has 0 saturated carbocycles. The molecule has 0 aromatic carbocycles. The van der Waals surface area contributed by atoms with E-state index in [1.165, 1.54) is 6.42 Å². The van der Waals surface area contributed by atoms with Crippen molar-refractivity contribution >= 4 is 0 Å². The zero-order valence-corrected chi connectivity index (χ0v) is 7.90. The van der Waals surface area contributed by atoms with Crippen molar-refractivity contribution in [2.24, 2.45) is 0 Å². The van der Waals surface area contributed by atoms with Crippen LogP contribution in [0.3, 0.4) is 0 Å². The lowest BCUT2D eigenvalue weighted by Crippen LogP contribution is -2.66. The van der Waals surface area contributed by atoms with E-state index in [0.717, 1.165) is 38.8 Å². The molecule has 3 aliphatic rings. The van der Waals surface area contributed by atoms with E-state index in [2.05, 4.69) is 21.3 Å². The standard InChI is InChI=1S/C9H18N4/c1-2-11-8(5-10-1)9-3-7(4-13-9)12-6-9/h7-8,10-13H,1-6H2. The van der Waals surface area contributed by atoms with Gasteiger partial charge in [-0.1, -0.05) is 0 Å². The Morgan fingerprint density at radius 3 is 2.62 bits per heavy atom. The number of nitrogens with one attached hydrogen (secondary N) is 4. The lowest BCUT2D eigenvalue weighted by Gasteiger charge is -2.39. The Bertz CT molecular complexity index is 192. The molecule has 4 N–H and O–H groups in total. The van der Waals surface area contributed by atoms with Gasteiger partial charge in [0.1, 0.15) is 0 Å². The summed E-state index contributed by atoms with van der Waals surface area (Å²) in [4.78, 5) is 0. The van der Waals surface area contributed by atoms with Crippen LogP contribution in [0.1, 0.15) is 6.42 Å². The van der Waals surface area contributed by atoms with Crippen molar-refractivity contribution in [2.75, 3.05) is 32.7 Å². The van der Waals surface area contributed by atoms with Crippen LogP contribution < -0.4 is 21.3 Å². The van der Waals surface area contributed by atoms with E-state index in [-0.39, 0.29) is 0 Å². The number of hydrogen-bond acceptors (Lipinski definition) is 4. The van der Waals surface area contributed by atoms with Gasteiger partial charge in [-0.2, -0.15) is 0 Å². The minimum Gasteiger partial charge on any atom is -0.314 e. The van der Waals surface area contributed by atoms with Crippen LogP contribution in [0, 0.1) is 0 Å². The molecule has 4 nitrogen and oxygen atoms in total. The highest BCUT2D eigenvalue weighted by molar-refractivity contribution is 5.14. The summed E-state index contributed by atoms with van der Waals surface area (Å²) in [7, 11) is 0. The molecular formula is C9H18N4. The van der Waals surface area contributed by atoms with Gasteiger partial charge in [-0.25, -0.2) is 0 Å². The zero-order valence-electron chi connectivity index (χ0n) is 7.90. The van der Waals surface area contributed by atoms with Crippen LogP contribution in [-0.4, -0.2) is 50.3 Å². The van der Waals surface area contributed by atoms with Gasteiger partial charge in [-0.05, 0) is 6.42 Å². The monoisotopic (exact) mass is 182 g/mol. The number of rotatable bonds is 1. The molecular weight excluding hydrogens is 164 g/mol. The maximum absolute atomic E-state index is 3.67. The maximum Gasteiger partial charge on any atom is 0.0489 e. The Balaban J connectivity index is 1.75. The second kappa shape index (κ2) is 2.92. The first-order valence-corrected chi connectivity index (χ1v) is 5.32. The van der Waals surface area contributed by atoms with Gasteiger partial charge in [0.15, 0.2) is 0 Å². The van der Waals surface area contributed by atoms with E-state index in [9.17, 15) is 0 Å². The molecule has 0 spiro atoms. The third kappa shape index (κ3) is 1.21. The normalized spacial score (nSPS) is 49.8. The molecule has 3 saturated heterocycles. The molecule has 0 amide bonds. The van der Waals surface area contributed by atoms with Crippen molar-refractivity contribution in [3.05, 3.63) is 0 Å². The molecule has 3 unspecified atom stereocenters. The Kier molecular flexibility index (Phi) is 1.83. The third-order valence-corrected chi connectivity index (χ3v) is 3.73. The molecule has 3 aliphatic heterocycles. The van der Waals surface area contributed by atoms with Gasteiger partial charge in [0.25, 0.3) is 0 Å². The average molecular weight is 182 g/mol. The first kappa shape index (κ1) is 8.17. The van der Waals surface area contributed by atoms with Crippen LogP contribution >= 0.6 is 0 Å². The van der Waals surface area contributed by atoms with E-state index in [1.807, 2.05) is 0 Å². The molecule has 0 aliphatic carbocycles. The maximum atomic E-state index is 3.67. The van der Waals surface area contributed by atoms with E-state index >= 15 is 0 Å². The molecule has 3 atom stereocenters. The van der Waals surface area contributed by atoms with Crippen molar-refractivity contribution in [3.63, 3.8) is 0 Å². The van der Waals surface area contributed by atoms with Crippen LogP contribution in [0.5, 0.6) is 0 Å². The Morgan fingerprint density at radius 2 is 2.08 bits per heavy atom. The van der Waals surface area contributed by atoms with Gasteiger partial charge in [0.05, 0.1) is 0 Å². The van der Waals surface area contributed by atoms with Gasteiger partial charge in [0, 0.05) is 50.3 Å². The summed E-state index contributed by atoms with van der Waals surface area (Å²) in [5, 5.41) is 14.3. The predicted molar refractivity (Wildman–Crippen MR) is 51.8 cm³/mol. The first-order valence-electron chi connectivity index (χ1n) is 5.32. The molecule has 0 aromatic rings.